The standard InChI is InChI=1S/C24H29N5O3/c1-16-5-8-20(9-6-16)29-19(4)23(18(3)26-29)25-22(30)15-27-11-13-28(14-12-27)24(31)21-10-7-17(2)32-21/h5-10H,11-15H2,1-4H3,(H,25,30). The zero-order valence-corrected chi connectivity index (χ0v) is 19.0. The van der Waals surface area contributed by atoms with Gasteiger partial charge in [-0.25, -0.2) is 4.68 Å². The Kier molecular flexibility index (Phi) is 6.14. The molecule has 0 atom stereocenters. The van der Waals surface area contributed by atoms with Crippen LogP contribution in [0.25, 0.3) is 5.69 Å². The maximum atomic E-state index is 12.7. The Morgan fingerprint density at radius 1 is 0.969 bits per heavy atom. The number of carbonyl (C=O) groups is 2. The van der Waals surface area contributed by atoms with Crippen molar-refractivity contribution in [2.45, 2.75) is 27.7 Å². The number of aromatic nitrogens is 2. The highest BCUT2D eigenvalue weighted by molar-refractivity contribution is 5.93. The average molecular weight is 436 g/mol. The van der Waals surface area contributed by atoms with E-state index in [1.54, 1.807) is 17.0 Å². The molecule has 8 nitrogen and oxygen atoms in total. The number of furan rings is 1. The van der Waals surface area contributed by atoms with E-state index in [1.807, 2.05) is 56.6 Å². The Balaban J connectivity index is 1.34. The summed E-state index contributed by atoms with van der Waals surface area (Å²) in [4.78, 5) is 29.1. The molecule has 32 heavy (non-hydrogen) atoms. The number of hydrogen-bond acceptors (Lipinski definition) is 5. The van der Waals surface area contributed by atoms with Gasteiger partial charge in [-0.1, -0.05) is 17.7 Å². The zero-order valence-electron chi connectivity index (χ0n) is 19.0. The smallest absolute Gasteiger partial charge is 0.289 e. The van der Waals surface area contributed by atoms with Crippen molar-refractivity contribution in [1.29, 1.82) is 0 Å². The van der Waals surface area contributed by atoms with E-state index in [0.29, 0.717) is 31.9 Å². The van der Waals surface area contributed by atoms with Gasteiger partial charge in [0.15, 0.2) is 5.76 Å². The lowest BCUT2D eigenvalue weighted by Crippen LogP contribution is -2.50. The first kappa shape index (κ1) is 21.8. The molecule has 0 unspecified atom stereocenters. The minimum Gasteiger partial charge on any atom is -0.456 e. The number of benzene rings is 1. The largest absolute Gasteiger partial charge is 0.456 e. The van der Waals surface area contributed by atoms with E-state index < -0.39 is 0 Å². The van der Waals surface area contributed by atoms with Gasteiger partial charge in [0.1, 0.15) is 5.76 Å². The summed E-state index contributed by atoms with van der Waals surface area (Å²) in [5, 5.41) is 7.64. The number of nitrogens with one attached hydrogen (secondary N) is 1. The highest BCUT2D eigenvalue weighted by Gasteiger charge is 2.25. The number of aryl methyl sites for hydroxylation is 3. The number of rotatable bonds is 5. The first-order chi connectivity index (χ1) is 15.3. The quantitative estimate of drug-likeness (QED) is 0.666. The second kappa shape index (κ2) is 9.00. The number of nitrogens with zero attached hydrogens (tertiary/aromatic N) is 4. The van der Waals surface area contributed by atoms with E-state index in [-0.39, 0.29) is 18.4 Å². The summed E-state index contributed by atoms with van der Waals surface area (Å²) >= 11 is 0. The normalized spacial score (nSPS) is 14.6. The van der Waals surface area contributed by atoms with Crippen LogP contribution in [0.1, 0.15) is 33.3 Å². The molecule has 1 fully saturated rings. The third-order valence-electron chi connectivity index (χ3n) is 5.81. The van der Waals surface area contributed by atoms with Crippen LogP contribution < -0.4 is 5.32 Å². The highest BCUT2D eigenvalue weighted by Crippen LogP contribution is 2.23. The predicted octanol–water partition coefficient (Wildman–Crippen LogP) is 3.10. The van der Waals surface area contributed by atoms with Gasteiger partial charge in [0.25, 0.3) is 5.91 Å². The number of amides is 2. The first-order valence-electron chi connectivity index (χ1n) is 10.8. The molecule has 3 aromatic rings. The molecule has 2 aromatic heterocycles. The molecule has 0 radical (unpaired) electrons. The Bertz CT molecular complexity index is 1120. The fourth-order valence-corrected chi connectivity index (χ4v) is 3.96. The summed E-state index contributed by atoms with van der Waals surface area (Å²) in [6.45, 7) is 10.4. The van der Waals surface area contributed by atoms with Crippen LogP contribution in [0, 0.1) is 27.7 Å². The molecule has 3 heterocycles. The molecule has 1 saturated heterocycles. The minimum absolute atomic E-state index is 0.0823. The number of hydrogen-bond donors (Lipinski definition) is 1. The van der Waals surface area contributed by atoms with Gasteiger partial charge >= 0.3 is 0 Å². The van der Waals surface area contributed by atoms with E-state index in [1.165, 1.54) is 5.56 Å². The molecule has 0 aliphatic carbocycles. The monoisotopic (exact) mass is 435 g/mol. The SMILES string of the molecule is Cc1ccc(-n2nc(C)c(NC(=O)CN3CCN(C(=O)c4ccc(C)o4)CC3)c2C)cc1. The van der Waals surface area contributed by atoms with Crippen molar-refractivity contribution < 1.29 is 14.0 Å². The molecule has 0 saturated carbocycles. The van der Waals surface area contributed by atoms with Crippen LogP contribution in [-0.2, 0) is 4.79 Å². The molecule has 168 valence electrons. The van der Waals surface area contributed by atoms with Gasteiger partial charge in [0.2, 0.25) is 5.91 Å². The van der Waals surface area contributed by atoms with Crippen LogP contribution in [0.4, 0.5) is 5.69 Å². The lowest BCUT2D eigenvalue weighted by atomic mass is 10.2. The van der Waals surface area contributed by atoms with Crippen molar-refractivity contribution in [2.24, 2.45) is 0 Å². The summed E-state index contributed by atoms with van der Waals surface area (Å²) in [5.41, 5.74) is 4.57. The Labute approximate surface area is 187 Å². The van der Waals surface area contributed by atoms with Gasteiger partial charge in [-0.3, -0.25) is 14.5 Å². The summed E-state index contributed by atoms with van der Waals surface area (Å²) < 4.78 is 7.29. The van der Waals surface area contributed by atoms with Crippen LogP contribution in [0.2, 0.25) is 0 Å². The van der Waals surface area contributed by atoms with Crippen molar-refractivity contribution in [2.75, 3.05) is 38.0 Å². The lowest BCUT2D eigenvalue weighted by molar-refractivity contribution is -0.117. The average Bonchev–Trinajstić information content (AvgIpc) is 3.33. The Hall–Kier alpha value is -3.39. The maximum Gasteiger partial charge on any atom is 0.289 e. The third kappa shape index (κ3) is 4.60. The Morgan fingerprint density at radius 3 is 2.28 bits per heavy atom. The van der Waals surface area contributed by atoms with Crippen LogP contribution in [0.3, 0.4) is 0 Å². The van der Waals surface area contributed by atoms with Gasteiger partial charge in [-0.05, 0) is 52.0 Å². The summed E-state index contributed by atoms with van der Waals surface area (Å²) in [6, 6.07) is 11.6. The highest BCUT2D eigenvalue weighted by atomic mass is 16.3. The third-order valence-corrected chi connectivity index (χ3v) is 5.81. The summed E-state index contributed by atoms with van der Waals surface area (Å²) in [7, 11) is 0. The molecule has 0 bridgehead atoms. The molecule has 1 aliphatic rings. The number of piperazine rings is 1. The molecule has 1 aliphatic heterocycles. The molecule has 0 spiro atoms. The second-order valence-corrected chi connectivity index (χ2v) is 8.32. The van der Waals surface area contributed by atoms with Crippen molar-refractivity contribution >= 4 is 17.5 Å². The molecular formula is C24H29N5O3. The number of carbonyl (C=O) groups excluding carboxylic acids is 2. The summed E-state index contributed by atoms with van der Waals surface area (Å²) in [6.07, 6.45) is 0. The molecular weight excluding hydrogens is 406 g/mol. The predicted molar refractivity (Wildman–Crippen MR) is 122 cm³/mol. The second-order valence-electron chi connectivity index (χ2n) is 8.32. The Morgan fingerprint density at radius 2 is 1.66 bits per heavy atom. The molecule has 2 amide bonds. The van der Waals surface area contributed by atoms with Crippen molar-refractivity contribution in [3.8, 4) is 5.69 Å². The minimum atomic E-state index is -0.100. The van der Waals surface area contributed by atoms with Gasteiger partial charge in [-0.2, -0.15) is 5.10 Å². The fraction of sp³-hybridized carbons (Fsp3) is 0.375. The molecule has 1 N–H and O–H groups in total. The van der Waals surface area contributed by atoms with Gasteiger partial charge in [0, 0.05) is 26.2 Å². The van der Waals surface area contributed by atoms with E-state index in [4.69, 9.17) is 4.42 Å². The summed E-state index contributed by atoms with van der Waals surface area (Å²) in [5.74, 6) is 0.906. The molecule has 8 heteroatoms. The fourth-order valence-electron chi connectivity index (χ4n) is 3.96. The van der Waals surface area contributed by atoms with Crippen LogP contribution in [-0.4, -0.2) is 64.1 Å². The zero-order chi connectivity index (χ0) is 22.8. The van der Waals surface area contributed by atoms with E-state index >= 15 is 0 Å². The van der Waals surface area contributed by atoms with Gasteiger partial charge < -0.3 is 14.6 Å². The van der Waals surface area contributed by atoms with E-state index in [0.717, 1.165) is 28.5 Å². The van der Waals surface area contributed by atoms with Crippen molar-refractivity contribution in [3.63, 3.8) is 0 Å². The van der Waals surface area contributed by atoms with Crippen molar-refractivity contribution in [1.82, 2.24) is 19.6 Å². The molecule has 4 rings (SSSR count). The number of anilines is 1. The van der Waals surface area contributed by atoms with E-state index in [9.17, 15) is 9.59 Å². The van der Waals surface area contributed by atoms with E-state index in [2.05, 4.69) is 15.3 Å². The maximum absolute atomic E-state index is 12.7. The van der Waals surface area contributed by atoms with Crippen LogP contribution >= 0.6 is 0 Å². The van der Waals surface area contributed by atoms with Gasteiger partial charge in [-0.15, -0.1) is 0 Å². The van der Waals surface area contributed by atoms with Crippen LogP contribution in [0.15, 0.2) is 40.8 Å². The van der Waals surface area contributed by atoms with Gasteiger partial charge in [0.05, 0.1) is 29.3 Å². The topological polar surface area (TPSA) is 83.6 Å². The first-order valence-corrected chi connectivity index (χ1v) is 10.8. The lowest BCUT2D eigenvalue weighted by Gasteiger charge is -2.33. The molecule has 1 aromatic carbocycles. The van der Waals surface area contributed by atoms with Crippen molar-refractivity contribution in [3.05, 3.63) is 64.9 Å². The van der Waals surface area contributed by atoms with Crippen LogP contribution in [0.5, 0.6) is 0 Å².